The predicted molar refractivity (Wildman–Crippen MR) is 67.8 cm³/mol. The molecule has 0 radical (unpaired) electrons. The van der Waals surface area contributed by atoms with E-state index >= 15 is 0 Å². The lowest BCUT2D eigenvalue weighted by molar-refractivity contribution is -0.137. The first-order valence-electron chi connectivity index (χ1n) is 5.62. The number of hydrogen-bond donors (Lipinski definition) is 2. The first-order valence-corrected chi connectivity index (χ1v) is 5.62. The molecule has 17 heavy (non-hydrogen) atoms. The summed E-state index contributed by atoms with van der Waals surface area (Å²) in [5.74, 6) is -0.863. The number of carbonyl (C=O) groups is 1. The molecule has 1 aromatic rings. The second-order valence-corrected chi connectivity index (χ2v) is 4.53. The quantitative estimate of drug-likeness (QED) is 0.811. The number of nitrogens with two attached hydrogens (primary N) is 1. The van der Waals surface area contributed by atoms with Crippen molar-refractivity contribution in [3.8, 4) is 0 Å². The van der Waals surface area contributed by atoms with Crippen LogP contribution in [0.5, 0.6) is 0 Å². The van der Waals surface area contributed by atoms with Crippen molar-refractivity contribution in [2.45, 2.75) is 25.4 Å². The van der Waals surface area contributed by atoms with E-state index in [1.165, 1.54) is 0 Å². The Balaban J connectivity index is 3.01. The van der Waals surface area contributed by atoms with Crippen LogP contribution in [0.15, 0.2) is 24.3 Å². The smallest absolute Gasteiger partial charge is 0.304 e. The second kappa shape index (κ2) is 5.80. The molecular weight excluding hydrogens is 216 g/mol. The summed E-state index contributed by atoms with van der Waals surface area (Å²) in [6, 6.07) is 7.44. The molecule has 2 unspecified atom stereocenters. The van der Waals surface area contributed by atoms with E-state index in [0.29, 0.717) is 0 Å². The van der Waals surface area contributed by atoms with E-state index in [0.717, 1.165) is 11.1 Å². The second-order valence-electron chi connectivity index (χ2n) is 4.53. The fourth-order valence-electron chi connectivity index (χ4n) is 2.12. The summed E-state index contributed by atoms with van der Waals surface area (Å²) in [7, 11) is 3.83. The van der Waals surface area contributed by atoms with Gasteiger partial charge in [-0.25, -0.2) is 0 Å². The van der Waals surface area contributed by atoms with E-state index < -0.39 is 12.0 Å². The SMILES string of the molecule is Cc1ccccc1C(C(N)CC(=O)O)N(C)C. The first kappa shape index (κ1) is 13.7. The molecule has 0 aliphatic heterocycles. The standard InChI is InChI=1S/C13H20N2O2/c1-9-6-4-5-7-10(9)13(15(2)3)11(14)8-12(16)17/h4-7,11,13H,8,14H2,1-3H3,(H,16,17). The summed E-state index contributed by atoms with van der Waals surface area (Å²) in [4.78, 5) is 12.7. The minimum atomic E-state index is -0.863. The van der Waals surface area contributed by atoms with Crippen LogP contribution in [0.1, 0.15) is 23.6 Å². The van der Waals surface area contributed by atoms with Gasteiger partial charge >= 0.3 is 5.97 Å². The van der Waals surface area contributed by atoms with Gasteiger partial charge in [0, 0.05) is 6.04 Å². The van der Waals surface area contributed by atoms with E-state index in [-0.39, 0.29) is 12.5 Å². The van der Waals surface area contributed by atoms with Crippen LogP contribution >= 0.6 is 0 Å². The van der Waals surface area contributed by atoms with Crippen LogP contribution in [0.3, 0.4) is 0 Å². The summed E-state index contributed by atoms with van der Waals surface area (Å²) in [6.45, 7) is 2.01. The Morgan fingerprint density at radius 3 is 2.47 bits per heavy atom. The summed E-state index contributed by atoms with van der Waals surface area (Å²) in [5.41, 5.74) is 8.22. The number of nitrogens with zero attached hydrogens (tertiary/aromatic N) is 1. The molecule has 0 spiro atoms. The van der Waals surface area contributed by atoms with E-state index in [9.17, 15) is 4.79 Å². The summed E-state index contributed by atoms with van der Waals surface area (Å²) < 4.78 is 0. The summed E-state index contributed by atoms with van der Waals surface area (Å²) in [6.07, 6.45) is -0.0306. The Hall–Kier alpha value is -1.39. The van der Waals surface area contributed by atoms with Gasteiger partial charge in [0.15, 0.2) is 0 Å². The lowest BCUT2D eigenvalue weighted by atomic mass is 9.93. The van der Waals surface area contributed by atoms with Gasteiger partial charge in [0.1, 0.15) is 0 Å². The topological polar surface area (TPSA) is 66.6 Å². The van der Waals surface area contributed by atoms with Crippen LogP contribution in [0.25, 0.3) is 0 Å². The third-order valence-corrected chi connectivity index (χ3v) is 2.88. The van der Waals surface area contributed by atoms with Gasteiger partial charge in [-0.2, -0.15) is 0 Å². The number of likely N-dealkylation sites (N-methyl/N-ethyl adjacent to an activating group) is 1. The highest BCUT2D eigenvalue weighted by atomic mass is 16.4. The number of carboxylic acids is 1. The molecule has 3 N–H and O–H groups in total. The van der Waals surface area contributed by atoms with Crippen molar-refractivity contribution in [2.75, 3.05) is 14.1 Å². The maximum absolute atomic E-state index is 10.8. The Bertz CT molecular complexity index is 391. The molecule has 0 heterocycles. The highest BCUT2D eigenvalue weighted by molar-refractivity contribution is 5.67. The molecule has 1 aromatic carbocycles. The molecule has 0 fully saturated rings. The minimum absolute atomic E-state index is 0.0306. The van der Waals surface area contributed by atoms with Gasteiger partial charge in [0.25, 0.3) is 0 Å². The Morgan fingerprint density at radius 2 is 2.00 bits per heavy atom. The van der Waals surface area contributed by atoms with Crippen LogP contribution in [0.2, 0.25) is 0 Å². The molecule has 0 aromatic heterocycles. The van der Waals surface area contributed by atoms with E-state index in [1.807, 2.05) is 50.2 Å². The Morgan fingerprint density at radius 1 is 1.41 bits per heavy atom. The van der Waals surface area contributed by atoms with Gasteiger partial charge in [-0.05, 0) is 32.1 Å². The van der Waals surface area contributed by atoms with Gasteiger partial charge in [0.2, 0.25) is 0 Å². The molecule has 0 saturated carbocycles. The number of carboxylic acid groups (broad SMARTS) is 1. The van der Waals surface area contributed by atoms with Crippen molar-refractivity contribution in [3.63, 3.8) is 0 Å². The maximum atomic E-state index is 10.8. The molecule has 0 bridgehead atoms. The molecule has 4 heteroatoms. The Kier molecular flexibility index (Phi) is 4.66. The summed E-state index contributed by atoms with van der Waals surface area (Å²) >= 11 is 0. The molecule has 0 aliphatic carbocycles. The molecule has 0 amide bonds. The highest BCUT2D eigenvalue weighted by Crippen LogP contribution is 2.25. The third kappa shape index (κ3) is 3.54. The zero-order valence-electron chi connectivity index (χ0n) is 10.6. The maximum Gasteiger partial charge on any atom is 0.304 e. The number of aliphatic carboxylic acids is 1. The Labute approximate surface area is 102 Å². The average molecular weight is 236 g/mol. The molecule has 94 valence electrons. The lowest BCUT2D eigenvalue weighted by Gasteiger charge is -2.30. The van der Waals surface area contributed by atoms with Gasteiger partial charge in [0.05, 0.1) is 12.5 Å². The van der Waals surface area contributed by atoms with Crippen molar-refractivity contribution in [1.82, 2.24) is 4.90 Å². The normalized spacial score (nSPS) is 14.6. The van der Waals surface area contributed by atoms with Crippen LogP contribution in [0.4, 0.5) is 0 Å². The number of aryl methyl sites for hydroxylation is 1. The van der Waals surface area contributed by atoms with Gasteiger partial charge in [-0.15, -0.1) is 0 Å². The zero-order chi connectivity index (χ0) is 13.0. The summed E-state index contributed by atoms with van der Waals surface area (Å²) in [5, 5.41) is 8.83. The largest absolute Gasteiger partial charge is 0.481 e. The molecule has 0 aliphatic rings. The van der Waals surface area contributed by atoms with Gasteiger partial charge in [-0.3, -0.25) is 4.79 Å². The van der Waals surface area contributed by atoms with E-state index in [4.69, 9.17) is 10.8 Å². The molecular formula is C13H20N2O2. The first-order chi connectivity index (χ1) is 7.93. The minimum Gasteiger partial charge on any atom is -0.481 e. The van der Waals surface area contributed by atoms with Crippen LogP contribution in [-0.4, -0.2) is 36.1 Å². The van der Waals surface area contributed by atoms with E-state index in [2.05, 4.69) is 0 Å². The van der Waals surface area contributed by atoms with Crippen molar-refractivity contribution in [1.29, 1.82) is 0 Å². The molecule has 1 rings (SSSR count). The fraction of sp³-hybridized carbons (Fsp3) is 0.462. The molecule has 0 saturated heterocycles. The van der Waals surface area contributed by atoms with Crippen LogP contribution in [0, 0.1) is 6.92 Å². The van der Waals surface area contributed by atoms with Crippen LogP contribution in [-0.2, 0) is 4.79 Å². The average Bonchev–Trinajstić information content (AvgIpc) is 2.19. The van der Waals surface area contributed by atoms with Crippen molar-refractivity contribution in [3.05, 3.63) is 35.4 Å². The van der Waals surface area contributed by atoms with Gasteiger partial charge in [-0.1, -0.05) is 24.3 Å². The predicted octanol–water partition coefficient (Wildman–Crippen LogP) is 1.40. The monoisotopic (exact) mass is 236 g/mol. The van der Waals surface area contributed by atoms with Crippen molar-refractivity contribution >= 4 is 5.97 Å². The van der Waals surface area contributed by atoms with Crippen molar-refractivity contribution in [2.24, 2.45) is 5.73 Å². The molecule has 4 nitrogen and oxygen atoms in total. The highest BCUT2D eigenvalue weighted by Gasteiger charge is 2.25. The van der Waals surface area contributed by atoms with Crippen molar-refractivity contribution < 1.29 is 9.90 Å². The number of hydrogen-bond acceptors (Lipinski definition) is 3. The lowest BCUT2D eigenvalue weighted by Crippen LogP contribution is -2.39. The fourth-order valence-corrected chi connectivity index (χ4v) is 2.12. The zero-order valence-corrected chi connectivity index (χ0v) is 10.6. The number of benzene rings is 1. The third-order valence-electron chi connectivity index (χ3n) is 2.88. The van der Waals surface area contributed by atoms with Crippen LogP contribution < -0.4 is 5.73 Å². The number of rotatable bonds is 5. The van der Waals surface area contributed by atoms with Gasteiger partial charge < -0.3 is 15.7 Å². The van der Waals surface area contributed by atoms with E-state index in [1.54, 1.807) is 0 Å². The molecule has 2 atom stereocenters.